The van der Waals surface area contributed by atoms with E-state index in [1.165, 1.54) is 0 Å². The largest absolute Gasteiger partial charge is 0.508 e. The first kappa shape index (κ1) is 38.8. The van der Waals surface area contributed by atoms with Crippen molar-refractivity contribution in [3.8, 4) is 16.9 Å². The number of benzene rings is 3. The third-order valence-electron chi connectivity index (χ3n) is 10.1. The number of aliphatic hydroxyl groups is 1. The van der Waals surface area contributed by atoms with E-state index in [9.17, 15) is 24.6 Å². The lowest BCUT2D eigenvalue weighted by Gasteiger charge is -2.37. The molecular weight excluding hydrogens is 658 g/mol. The number of anilines is 1. The minimum Gasteiger partial charge on any atom is -0.508 e. The number of phenolic OH excluding ortho intramolecular Hbond substituents is 1. The third-order valence-corrected chi connectivity index (χ3v) is 10.1. The SMILES string of the molecule is O=C(CCN1CCC(OC(=O)Nc2ccccc2-c2ccccc2)CC1)NCCCCCNC(=O)C(Cc1ccc(O)cc1)N1CCCC(CO)C1. The molecule has 2 heterocycles. The van der Waals surface area contributed by atoms with E-state index in [0.717, 1.165) is 81.3 Å². The number of rotatable bonds is 17. The highest BCUT2D eigenvalue weighted by Gasteiger charge is 2.30. The molecule has 3 amide bonds. The average Bonchev–Trinajstić information content (AvgIpc) is 3.17. The van der Waals surface area contributed by atoms with Crippen LogP contribution in [0.4, 0.5) is 10.5 Å². The fourth-order valence-electron chi connectivity index (χ4n) is 7.11. The zero-order valence-electron chi connectivity index (χ0n) is 30.2. The fourth-order valence-corrected chi connectivity index (χ4v) is 7.11. The molecule has 2 unspecified atom stereocenters. The molecule has 2 atom stereocenters. The standard InChI is InChI=1S/C41H55N5O6/c47-30-32-10-9-24-46(29-32)38(28-31-15-17-34(48)18-16-31)40(50)43-23-8-2-7-22-42-39(49)21-27-45-25-19-35(20-26-45)52-41(51)44-37-14-6-5-13-36(37)33-11-3-1-4-12-33/h1,3-6,11-18,32,35,38,47-48H,2,7-10,19-30H2,(H,42,49)(H,43,50)(H,44,51). The molecule has 2 aliphatic heterocycles. The molecule has 5 rings (SSSR count). The van der Waals surface area contributed by atoms with Crippen molar-refractivity contribution in [2.75, 3.05) is 57.7 Å². The van der Waals surface area contributed by atoms with Crippen molar-refractivity contribution in [1.29, 1.82) is 0 Å². The minimum absolute atomic E-state index is 0.0107. The molecule has 5 N–H and O–H groups in total. The van der Waals surface area contributed by atoms with E-state index in [4.69, 9.17) is 4.74 Å². The number of aromatic hydroxyl groups is 1. The second kappa shape index (κ2) is 20.6. The highest BCUT2D eigenvalue weighted by atomic mass is 16.6. The summed E-state index contributed by atoms with van der Waals surface area (Å²) in [7, 11) is 0. The van der Waals surface area contributed by atoms with Crippen LogP contribution in [-0.4, -0.2) is 102 Å². The van der Waals surface area contributed by atoms with Crippen LogP contribution in [-0.2, 0) is 20.7 Å². The van der Waals surface area contributed by atoms with Crippen LogP contribution < -0.4 is 16.0 Å². The maximum absolute atomic E-state index is 13.3. The highest BCUT2D eigenvalue weighted by Crippen LogP contribution is 2.28. The molecule has 0 aromatic heterocycles. The number of nitrogens with one attached hydrogen (secondary N) is 3. The molecule has 11 heteroatoms. The molecule has 3 aromatic carbocycles. The second-order valence-corrected chi connectivity index (χ2v) is 14.0. The first-order valence-corrected chi connectivity index (χ1v) is 18.9. The number of nitrogens with zero attached hydrogens (tertiary/aromatic N) is 2. The molecule has 2 aliphatic rings. The van der Waals surface area contributed by atoms with Crippen molar-refractivity contribution in [1.82, 2.24) is 20.4 Å². The van der Waals surface area contributed by atoms with Gasteiger partial charge in [-0.1, -0.05) is 60.7 Å². The van der Waals surface area contributed by atoms with Crippen molar-refractivity contribution in [2.45, 2.75) is 69.9 Å². The summed E-state index contributed by atoms with van der Waals surface area (Å²) < 4.78 is 5.74. The van der Waals surface area contributed by atoms with Gasteiger partial charge in [0.2, 0.25) is 11.8 Å². The molecule has 52 heavy (non-hydrogen) atoms. The summed E-state index contributed by atoms with van der Waals surface area (Å²) in [6.45, 7) is 5.03. The quantitative estimate of drug-likeness (QED) is 0.121. The number of amides is 3. The van der Waals surface area contributed by atoms with Gasteiger partial charge in [-0.05, 0) is 93.2 Å². The molecule has 2 saturated heterocycles. The second-order valence-electron chi connectivity index (χ2n) is 14.0. The average molecular weight is 714 g/mol. The van der Waals surface area contributed by atoms with Gasteiger partial charge in [0.15, 0.2) is 0 Å². The summed E-state index contributed by atoms with van der Waals surface area (Å²) in [6, 6.07) is 24.3. The predicted octanol–water partition coefficient (Wildman–Crippen LogP) is 5.18. The van der Waals surface area contributed by atoms with Gasteiger partial charge in [0.25, 0.3) is 0 Å². The van der Waals surface area contributed by atoms with Gasteiger partial charge in [0.1, 0.15) is 11.9 Å². The smallest absolute Gasteiger partial charge is 0.411 e. The van der Waals surface area contributed by atoms with Gasteiger partial charge in [0, 0.05) is 57.9 Å². The highest BCUT2D eigenvalue weighted by molar-refractivity contribution is 5.91. The minimum atomic E-state index is -0.451. The summed E-state index contributed by atoms with van der Waals surface area (Å²) in [5.41, 5.74) is 3.67. The number of para-hydroxylation sites is 1. The first-order valence-electron chi connectivity index (χ1n) is 18.9. The Morgan fingerprint density at radius 1 is 0.827 bits per heavy atom. The van der Waals surface area contributed by atoms with E-state index in [1.807, 2.05) is 66.7 Å². The number of hydrogen-bond donors (Lipinski definition) is 5. The Hall–Kier alpha value is -4.45. The van der Waals surface area contributed by atoms with E-state index in [0.29, 0.717) is 44.7 Å². The predicted molar refractivity (Wildman–Crippen MR) is 203 cm³/mol. The van der Waals surface area contributed by atoms with Crippen LogP contribution in [0.1, 0.15) is 56.9 Å². The number of hydrogen-bond acceptors (Lipinski definition) is 8. The Labute approximate surface area is 307 Å². The molecule has 0 saturated carbocycles. The van der Waals surface area contributed by atoms with Gasteiger partial charge in [-0.15, -0.1) is 0 Å². The number of unbranched alkanes of at least 4 members (excludes halogenated alkanes) is 2. The summed E-state index contributed by atoms with van der Waals surface area (Å²) >= 11 is 0. The number of aliphatic hydroxyl groups excluding tert-OH is 1. The van der Waals surface area contributed by atoms with E-state index in [-0.39, 0.29) is 42.2 Å². The molecule has 0 spiro atoms. The van der Waals surface area contributed by atoms with Crippen LogP contribution in [0.5, 0.6) is 5.75 Å². The van der Waals surface area contributed by atoms with E-state index >= 15 is 0 Å². The maximum Gasteiger partial charge on any atom is 0.411 e. The third kappa shape index (κ3) is 12.4. The summed E-state index contributed by atoms with van der Waals surface area (Å²) in [4.78, 5) is 43.0. The molecule has 3 aromatic rings. The van der Waals surface area contributed by atoms with Gasteiger partial charge in [-0.2, -0.15) is 0 Å². The topological polar surface area (TPSA) is 143 Å². The van der Waals surface area contributed by atoms with Crippen molar-refractivity contribution in [3.05, 3.63) is 84.4 Å². The molecule has 280 valence electrons. The summed E-state index contributed by atoms with van der Waals surface area (Å²) in [5.74, 6) is 0.402. The Kier molecular flexibility index (Phi) is 15.3. The van der Waals surface area contributed by atoms with Crippen LogP contribution in [0.15, 0.2) is 78.9 Å². The van der Waals surface area contributed by atoms with Gasteiger partial charge in [-0.3, -0.25) is 19.8 Å². The van der Waals surface area contributed by atoms with E-state index in [1.54, 1.807) is 12.1 Å². The van der Waals surface area contributed by atoms with Crippen molar-refractivity contribution >= 4 is 23.6 Å². The molecular formula is C41H55N5O6. The Morgan fingerprint density at radius 2 is 1.54 bits per heavy atom. The van der Waals surface area contributed by atoms with Gasteiger partial charge < -0.3 is 30.5 Å². The summed E-state index contributed by atoms with van der Waals surface area (Å²) in [5, 5.41) is 28.4. The molecule has 0 bridgehead atoms. The molecule has 0 aliphatic carbocycles. The lowest BCUT2D eigenvalue weighted by atomic mass is 9.95. The Balaban J connectivity index is 0.923. The Bertz CT molecular complexity index is 1550. The number of piperidine rings is 2. The lowest BCUT2D eigenvalue weighted by Crippen LogP contribution is -2.52. The zero-order chi connectivity index (χ0) is 36.5. The fraction of sp³-hybridized carbons (Fsp3) is 0.488. The van der Waals surface area contributed by atoms with Crippen LogP contribution in [0.3, 0.4) is 0 Å². The molecule has 11 nitrogen and oxygen atoms in total. The van der Waals surface area contributed by atoms with Crippen LogP contribution in [0, 0.1) is 5.92 Å². The van der Waals surface area contributed by atoms with Crippen molar-refractivity contribution in [2.24, 2.45) is 5.92 Å². The number of carbonyl (C=O) groups excluding carboxylic acids is 3. The van der Waals surface area contributed by atoms with E-state index < -0.39 is 6.09 Å². The van der Waals surface area contributed by atoms with Gasteiger partial charge in [0.05, 0.1) is 11.7 Å². The molecule has 0 radical (unpaired) electrons. The van der Waals surface area contributed by atoms with Crippen LogP contribution in [0.25, 0.3) is 11.1 Å². The lowest BCUT2D eigenvalue weighted by molar-refractivity contribution is -0.127. The van der Waals surface area contributed by atoms with Gasteiger partial charge >= 0.3 is 6.09 Å². The molecule has 2 fully saturated rings. The number of likely N-dealkylation sites (tertiary alicyclic amines) is 2. The van der Waals surface area contributed by atoms with E-state index in [2.05, 4.69) is 25.8 Å². The maximum atomic E-state index is 13.3. The Morgan fingerprint density at radius 3 is 2.29 bits per heavy atom. The monoisotopic (exact) mass is 713 g/mol. The first-order chi connectivity index (χ1) is 25.4. The number of phenols is 1. The van der Waals surface area contributed by atoms with Crippen LogP contribution in [0.2, 0.25) is 0 Å². The van der Waals surface area contributed by atoms with Crippen molar-refractivity contribution in [3.63, 3.8) is 0 Å². The zero-order valence-corrected chi connectivity index (χ0v) is 30.2. The summed E-state index contributed by atoms with van der Waals surface area (Å²) in [6.07, 6.45) is 6.28. The normalized spacial score (nSPS) is 17.6. The van der Waals surface area contributed by atoms with Gasteiger partial charge in [-0.25, -0.2) is 4.79 Å². The van der Waals surface area contributed by atoms with Crippen LogP contribution >= 0.6 is 0 Å². The number of carbonyl (C=O) groups is 3. The van der Waals surface area contributed by atoms with Crippen molar-refractivity contribution < 1.29 is 29.3 Å². The number of ether oxygens (including phenoxy) is 1.